The third-order valence-electron chi connectivity index (χ3n) is 6.28. The summed E-state index contributed by atoms with van der Waals surface area (Å²) < 4.78 is 16.1. The topological polar surface area (TPSA) is 63.8 Å². The fourth-order valence-corrected chi connectivity index (χ4v) is 4.44. The molecule has 0 atom stereocenters. The Morgan fingerprint density at radius 1 is 0.818 bits per heavy atom. The van der Waals surface area contributed by atoms with Crippen molar-refractivity contribution >= 4 is 16.8 Å². The molecular weight excluding hydrogens is 416 g/mol. The summed E-state index contributed by atoms with van der Waals surface area (Å²) >= 11 is 0. The maximum absolute atomic E-state index is 13.3. The van der Waals surface area contributed by atoms with E-state index in [4.69, 9.17) is 14.2 Å². The molecule has 0 aliphatic carbocycles. The first-order valence-corrected chi connectivity index (χ1v) is 10.9. The number of benzene rings is 3. The molecule has 0 fully saturated rings. The lowest BCUT2D eigenvalue weighted by Crippen LogP contribution is -2.36. The fourth-order valence-electron chi connectivity index (χ4n) is 4.44. The van der Waals surface area contributed by atoms with Crippen LogP contribution in [0.25, 0.3) is 22.0 Å². The number of hydrogen-bond donors (Lipinski definition) is 1. The van der Waals surface area contributed by atoms with E-state index in [1.807, 2.05) is 53.4 Å². The van der Waals surface area contributed by atoms with Crippen LogP contribution in [0, 0.1) is 0 Å². The van der Waals surface area contributed by atoms with Crippen molar-refractivity contribution in [2.24, 2.45) is 0 Å². The number of aromatic amines is 1. The van der Waals surface area contributed by atoms with Crippen molar-refractivity contribution in [3.63, 3.8) is 0 Å². The predicted molar refractivity (Wildman–Crippen MR) is 128 cm³/mol. The molecule has 1 aliphatic rings. The molecule has 0 unspecified atom stereocenters. The minimum absolute atomic E-state index is 0.00219. The Hall–Kier alpha value is -3.93. The molecule has 3 aromatic carbocycles. The van der Waals surface area contributed by atoms with Gasteiger partial charge in [0.25, 0.3) is 5.91 Å². The first-order valence-electron chi connectivity index (χ1n) is 10.9. The zero-order chi connectivity index (χ0) is 22.9. The van der Waals surface area contributed by atoms with Crippen LogP contribution in [0.4, 0.5) is 0 Å². The number of methoxy groups -OCH3 is 3. The SMILES string of the molecule is COc1ccc(-c2ccc3[nH]c(C(=O)N4CCc5cc(OC)c(OC)cc5C4)cc3c2)cc1. The van der Waals surface area contributed by atoms with Crippen LogP contribution in [0.15, 0.2) is 60.7 Å². The third-order valence-corrected chi connectivity index (χ3v) is 6.28. The molecule has 0 saturated heterocycles. The Labute approximate surface area is 192 Å². The van der Waals surface area contributed by atoms with Crippen molar-refractivity contribution in [3.8, 4) is 28.4 Å². The Balaban J connectivity index is 1.39. The molecule has 33 heavy (non-hydrogen) atoms. The average molecular weight is 443 g/mol. The fraction of sp³-hybridized carbons (Fsp3) is 0.222. The zero-order valence-electron chi connectivity index (χ0n) is 19.0. The second-order valence-electron chi connectivity index (χ2n) is 8.17. The van der Waals surface area contributed by atoms with Crippen LogP contribution in [-0.4, -0.2) is 43.7 Å². The summed E-state index contributed by atoms with van der Waals surface area (Å²) in [5, 5.41) is 1.01. The van der Waals surface area contributed by atoms with Gasteiger partial charge in [-0.05, 0) is 71.1 Å². The van der Waals surface area contributed by atoms with Gasteiger partial charge in [-0.25, -0.2) is 0 Å². The number of amides is 1. The highest BCUT2D eigenvalue weighted by Crippen LogP contribution is 2.34. The highest BCUT2D eigenvalue weighted by atomic mass is 16.5. The molecular formula is C27H26N2O4. The lowest BCUT2D eigenvalue weighted by atomic mass is 9.98. The van der Waals surface area contributed by atoms with Crippen LogP contribution in [0.2, 0.25) is 0 Å². The molecule has 0 spiro atoms. The summed E-state index contributed by atoms with van der Waals surface area (Å²) in [4.78, 5) is 18.5. The highest BCUT2D eigenvalue weighted by molar-refractivity contribution is 5.99. The number of fused-ring (bicyclic) bond motifs is 2. The van der Waals surface area contributed by atoms with Gasteiger partial charge in [0.15, 0.2) is 11.5 Å². The van der Waals surface area contributed by atoms with Gasteiger partial charge in [0.1, 0.15) is 11.4 Å². The van der Waals surface area contributed by atoms with Gasteiger partial charge in [-0.1, -0.05) is 18.2 Å². The van der Waals surface area contributed by atoms with Gasteiger partial charge in [-0.2, -0.15) is 0 Å². The molecule has 0 radical (unpaired) electrons. The Kier molecular flexibility index (Phi) is 5.42. The van der Waals surface area contributed by atoms with Gasteiger partial charge >= 0.3 is 0 Å². The molecule has 1 aromatic heterocycles. The summed E-state index contributed by atoms with van der Waals surface area (Å²) in [5.74, 6) is 2.23. The number of ether oxygens (including phenoxy) is 3. The van der Waals surface area contributed by atoms with Gasteiger partial charge in [0, 0.05) is 24.0 Å². The number of nitrogens with zero attached hydrogens (tertiary/aromatic N) is 1. The van der Waals surface area contributed by atoms with Gasteiger partial charge in [0.2, 0.25) is 0 Å². The van der Waals surface area contributed by atoms with E-state index in [9.17, 15) is 4.79 Å². The molecule has 0 saturated carbocycles. The van der Waals surface area contributed by atoms with Crippen LogP contribution >= 0.6 is 0 Å². The normalized spacial score (nSPS) is 13.0. The van der Waals surface area contributed by atoms with Crippen molar-refractivity contribution in [2.45, 2.75) is 13.0 Å². The monoisotopic (exact) mass is 442 g/mol. The van der Waals surface area contributed by atoms with E-state index in [2.05, 4.69) is 17.1 Å². The second-order valence-corrected chi connectivity index (χ2v) is 8.17. The maximum atomic E-state index is 13.3. The summed E-state index contributed by atoms with van der Waals surface area (Å²) in [6.45, 7) is 1.20. The Bertz CT molecular complexity index is 1320. The van der Waals surface area contributed by atoms with Gasteiger partial charge in [-0.15, -0.1) is 0 Å². The predicted octanol–water partition coefficient (Wildman–Crippen LogP) is 5.06. The van der Waals surface area contributed by atoms with E-state index in [0.29, 0.717) is 24.5 Å². The summed E-state index contributed by atoms with van der Waals surface area (Å²) in [7, 11) is 4.92. The van der Waals surface area contributed by atoms with Crippen molar-refractivity contribution < 1.29 is 19.0 Å². The number of aromatic nitrogens is 1. The van der Waals surface area contributed by atoms with E-state index < -0.39 is 0 Å². The zero-order valence-corrected chi connectivity index (χ0v) is 19.0. The lowest BCUT2D eigenvalue weighted by Gasteiger charge is -2.29. The maximum Gasteiger partial charge on any atom is 0.270 e. The molecule has 1 amide bonds. The number of nitrogens with one attached hydrogen (secondary N) is 1. The molecule has 0 bridgehead atoms. The Morgan fingerprint density at radius 3 is 2.21 bits per heavy atom. The minimum Gasteiger partial charge on any atom is -0.497 e. The minimum atomic E-state index is -0.00219. The van der Waals surface area contributed by atoms with Gasteiger partial charge in [-0.3, -0.25) is 4.79 Å². The average Bonchev–Trinajstić information content (AvgIpc) is 3.30. The van der Waals surface area contributed by atoms with Crippen molar-refractivity contribution in [1.29, 1.82) is 0 Å². The summed E-state index contributed by atoms with van der Waals surface area (Å²) in [6, 6.07) is 20.1. The smallest absolute Gasteiger partial charge is 0.270 e. The second kappa shape index (κ2) is 8.54. The van der Waals surface area contributed by atoms with Crippen molar-refractivity contribution in [1.82, 2.24) is 9.88 Å². The standard InChI is InChI=1S/C27H26N2O4/c1-31-22-7-4-17(5-8-22)18-6-9-23-20(12-18)13-24(28-23)27(30)29-11-10-19-14-25(32-2)26(33-3)15-21(19)16-29/h4-9,12-15,28H,10-11,16H2,1-3H3. The highest BCUT2D eigenvalue weighted by Gasteiger charge is 2.24. The summed E-state index contributed by atoms with van der Waals surface area (Å²) in [6.07, 6.45) is 0.781. The quantitative estimate of drug-likeness (QED) is 0.469. The molecule has 4 aromatic rings. The van der Waals surface area contributed by atoms with Crippen LogP contribution in [0.1, 0.15) is 21.6 Å². The first-order chi connectivity index (χ1) is 16.1. The van der Waals surface area contributed by atoms with E-state index in [1.54, 1.807) is 21.3 Å². The van der Waals surface area contributed by atoms with Crippen LogP contribution in [0.3, 0.4) is 0 Å². The van der Waals surface area contributed by atoms with E-state index >= 15 is 0 Å². The number of hydrogen-bond acceptors (Lipinski definition) is 4. The molecule has 2 heterocycles. The molecule has 6 heteroatoms. The number of rotatable bonds is 5. The molecule has 1 aliphatic heterocycles. The molecule has 6 nitrogen and oxygen atoms in total. The molecule has 1 N–H and O–H groups in total. The third kappa shape index (κ3) is 3.89. The molecule has 5 rings (SSSR count). The number of carbonyl (C=O) groups excluding carboxylic acids is 1. The number of carbonyl (C=O) groups is 1. The summed E-state index contributed by atoms with van der Waals surface area (Å²) in [5.41, 5.74) is 6.02. The number of H-pyrrole nitrogens is 1. The van der Waals surface area contributed by atoms with Gasteiger partial charge < -0.3 is 24.1 Å². The van der Waals surface area contributed by atoms with Crippen molar-refractivity contribution in [2.75, 3.05) is 27.9 Å². The van der Waals surface area contributed by atoms with Crippen LogP contribution in [0.5, 0.6) is 17.2 Å². The lowest BCUT2D eigenvalue weighted by molar-refractivity contribution is 0.0729. The van der Waals surface area contributed by atoms with E-state index in [0.717, 1.165) is 45.5 Å². The van der Waals surface area contributed by atoms with E-state index in [1.165, 1.54) is 5.56 Å². The van der Waals surface area contributed by atoms with Crippen molar-refractivity contribution in [3.05, 3.63) is 77.5 Å². The van der Waals surface area contributed by atoms with Crippen LogP contribution < -0.4 is 14.2 Å². The van der Waals surface area contributed by atoms with Crippen LogP contribution in [-0.2, 0) is 13.0 Å². The molecule has 168 valence electrons. The largest absolute Gasteiger partial charge is 0.497 e. The first kappa shape index (κ1) is 20.9. The van der Waals surface area contributed by atoms with E-state index in [-0.39, 0.29) is 5.91 Å². The Morgan fingerprint density at radius 2 is 1.52 bits per heavy atom. The van der Waals surface area contributed by atoms with Gasteiger partial charge in [0.05, 0.1) is 21.3 Å².